The molecule has 1 aromatic carbocycles. The highest BCUT2D eigenvalue weighted by molar-refractivity contribution is 7.99. The first kappa shape index (κ1) is 23.0. The molecule has 0 aliphatic carbocycles. The van der Waals surface area contributed by atoms with Crippen molar-refractivity contribution in [2.24, 2.45) is 0 Å². The minimum Gasteiger partial charge on any atom is -0.353 e. The number of aromatic amines is 1. The molecule has 170 valence electrons. The van der Waals surface area contributed by atoms with E-state index in [0.29, 0.717) is 23.5 Å². The lowest BCUT2D eigenvalue weighted by Crippen LogP contribution is -2.39. The number of hydrogen-bond donors (Lipinski definition) is 2. The van der Waals surface area contributed by atoms with E-state index in [1.54, 1.807) is 11.3 Å². The number of thioether (sulfide) groups is 1. The maximum absolute atomic E-state index is 12.8. The number of aryl methyl sites for hydroxylation is 2. The first-order valence-corrected chi connectivity index (χ1v) is 13.0. The van der Waals surface area contributed by atoms with Gasteiger partial charge in [0.05, 0.1) is 22.4 Å². The van der Waals surface area contributed by atoms with Crippen molar-refractivity contribution in [2.75, 3.05) is 19.6 Å². The van der Waals surface area contributed by atoms with E-state index in [2.05, 4.69) is 44.5 Å². The van der Waals surface area contributed by atoms with E-state index < -0.39 is 0 Å². The van der Waals surface area contributed by atoms with Gasteiger partial charge in [0, 0.05) is 11.4 Å². The Hall–Kier alpha value is -2.16. The Labute approximate surface area is 196 Å². The quantitative estimate of drug-likeness (QED) is 0.517. The van der Waals surface area contributed by atoms with Crippen LogP contribution in [0.3, 0.4) is 0 Å². The van der Waals surface area contributed by atoms with Gasteiger partial charge in [-0.3, -0.25) is 14.5 Å². The van der Waals surface area contributed by atoms with Crippen LogP contribution in [-0.4, -0.2) is 45.7 Å². The zero-order valence-electron chi connectivity index (χ0n) is 18.8. The molecule has 0 bridgehead atoms. The molecule has 6 nitrogen and oxygen atoms in total. The fourth-order valence-corrected chi connectivity index (χ4v) is 6.00. The molecule has 0 spiro atoms. The Bertz CT molecular complexity index is 1140. The molecular formula is C24H30N4O2S2. The van der Waals surface area contributed by atoms with E-state index in [1.165, 1.54) is 30.2 Å². The van der Waals surface area contributed by atoms with E-state index >= 15 is 0 Å². The van der Waals surface area contributed by atoms with Gasteiger partial charge in [0.25, 0.3) is 5.56 Å². The van der Waals surface area contributed by atoms with Gasteiger partial charge in [-0.05, 0) is 57.8 Å². The predicted molar refractivity (Wildman–Crippen MR) is 133 cm³/mol. The van der Waals surface area contributed by atoms with Crippen LogP contribution in [0.25, 0.3) is 10.2 Å². The molecule has 3 aromatic rings. The average Bonchev–Trinajstić information content (AvgIpc) is 3.41. The highest BCUT2D eigenvalue weighted by atomic mass is 32.2. The Balaban J connectivity index is 1.36. The number of likely N-dealkylation sites (tertiary alicyclic amines) is 1. The van der Waals surface area contributed by atoms with E-state index in [0.717, 1.165) is 28.4 Å². The Morgan fingerprint density at radius 1 is 1.25 bits per heavy atom. The van der Waals surface area contributed by atoms with Crippen LogP contribution >= 0.6 is 23.1 Å². The van der Waals surface area contributed by atoms with Crippen LogP contribution < -0.4 is 10.9 Å². The number of carbonyl (C=O) groups is 1. The molecule has 2 unspecified atom stereocenters. The Morgan fingerprint density at radius 2 is 1.97 bits per heavy atom. The normalized spacial score (nSPS) is 16.3. The standard InChI is InChI=1S/C24H30N4O2S2/c1-15-16(2)32-24-21(15)23(30)26-20(27-24)14-31-17(3)22(29)25-13-19(28-11-7-8-12-28)18-9-5-4-6-10-18/h4-6,9-10,17,19H,7-8,11-14H2,1-3H3,(H,25,29)(H,26,27,30). The smallest absolute Gasteiger partial charge is 0.259 e. The number of nitrogens with one attached hydrogen (secondary N) is 2. The van der Waals surface area contributed by atoms with Crippen molar-refractivity contribution in [1.82, 2.24) is 20.2 Å². The molecule has 2 atom stereocenters. The third-order valence-corrected chi connectivity index (χ3v) is 8.42. The van der Waals surface area contributed by atoms with Gasteiger partial charge in [-0.15, -0.1) is 23.1 Å². The van der Waals surface area contributed by atoms with Gasteiger partial charge < -0.3 is 10.3 Å². The maximum Gasteiger partial charge on any atom is 0.259 e. The molecule has 1 aliphatic heterocycles. The molecule has 3 heterocycles. The molecule has 1 saturated heterocycles. The number of aromatic nitrogens is 2. The van der Waals surface area contributed by atoms with Gasteiger partial charge in [0.2, 0.25) is 5.91 Å². The molecule has 4 rings (SSSR count). The topological polar surface area (TPSA) is 78.1 Å². The second-order valence-electron chi connectivity index (χ2n) is 8.34. The van der Waals surface area contributed by atoms with E-state index in [4.69, 9.17) is 0 Å². The van der Waals surface area contributed by atoms with Crippen LogP contribution in [0.2, 0.25) is 0 Å². The maximum atomic E-state index is 12.8. The van der Waals surface area contributed by atoms with Crippen LogP contribution in [0.5, 0.6) is 0 Å². The van der Waals surface area contributed by atoms with Crippen molar-refractivity contribution in [2.45, 2.75) is 50.7 Å². The molecule has 32 heavy (non-hydrogen) atoms. The molecule has 0 radical (unpaired) electrons. The average molecular weight is 471 g/mol. The van der Waals surface area contributed by atoms with Crippen molar-refractivity contribution in [3.05, 3.63) is 62.5 Å². The van der Waals surface area contributed by atoms with Gasteiger partial charge in [-0.25, -0.2) is 4.98 Å². The zero-order chi connectivity index (χ0) is 22.7. The second kappa shape index (κ2) is 10.2. The second-order valence-corrected chi connectivity index (χ2v) is 10.9. The fraction of sp³-hybridized carbons (Fsp3) is 0.458. The molecule has 1 amide bonds. The summed E-state index contributed by atoms with van der Waals surface area (Å²) < 4.78 is 0. The van der Waals surface area contributed by atoms with Crippen LogP contribution in [0.15, 0.2) is 35.1 Å². The van der Waals surface area contributed by atoms with Crippen molar-refractivity contribution < 1.29 is 4.79 Å². The summed E-state index contributed by atoms with van der Waals surface area (Å²) >= 11 is 3.04. The third kappa shape index (κ3) is 5.08. The monoisotopic (exact) mass is 470 g/mol. The fourth-order valence-electron chi connectivity index (χ4n) is 4.17. The zero-order valence-corrected chi connectivity index (χ0v) is 20.4. The highest BCUT2D eigenvalue weighted by Crippen LogP contribution is 2.27. The number of hydrogen-bond acceptors (Lipinski definition) is 6. The number of fused-ring (bicyclic) bond motifs is 1. The van der Waals surface area contributed by atoms with Crippen LogP contribution in [0.4, 0.5) is 0 Å². The lowest BCUT2D eigenvalue weighted by molar-refractivity contribution is -0.120. The predicted octanol–water partition coefficient (Wildman–Crippen LogP) is 4.18. The van der Waals surface area contributed by atoms with Crippen LogP contribution in [-0.2, 0) is 10.5 Å². The molecule has 2 aromatic heterocycles. The SMILES string of the molecule is Cc1sc2nc(CSC(C)C(=O)NCC(c3ccccc3)N3CCCC3)[nH]c(=O)c2c1C. The van der Waals surface area contributed by atoms with Gasteiger partial charge in [-0.1, -0.05) is 30.3 Å². The molecule has 8 heteroatoms. The lowest BCUT2D eigenvalue weighted by Gasteiger charge is -2.28. The number of amides is 1. The van der Waals surface area contributed by atoms with Gasteiger partial charge >= 0.3 is 0 Å². The van der Waals surface area contributed by atoms with E-state index in [1.807, 2.05) is 26.8 Å². The summed E-state index contributed by atoms with van der Waals surface area (Å²) in [5, 5.41) is 3.60. The number of rotatable bonds is 8. The molecule has 2 N–H and O–H groups in total. The van der Waals surface area contributed by atoms with Crippen molar-refractivity contribution in [1.29, 1.82) is 0 Å². The summed E-state index contributed by atoms with van der Waals surface area (Å²) in [7, 11) is 0. The van der Waals surface area contributed by atoms with Gasteiger partial charge in [0.15, 0.2) is 0 Å². The van der Waals surface area contributed by atoms with Crippen molar-refractivity contribution in [3.63, 3.8) is 0 Å². The van der Waals surface area contributed by atoms with Crippen molar-refractivity contribution in [3.8, 4) is 0 Å². The van der Waals surface area contributed by atoms with Gasteiger partial charge in [0.1, 0.15) is 10.7 Å². The largest absolute Gasteiger partial charge is 0.353 e. The summed E-state index contributed by atoms with van der Waals surface area (Å²) in [6.07, 6.45) is 2.42. The first-order valence-electron chi connectivity index (χ1n) is 11.1. The minimum absolute atomic E-state index is 0.0152. The summed E-state index contributed by atoms with van der Waals surface area (Å²) in [5.74, 6) is 1.12. The Kier molecular flexibility index (Phi) is 7.33. The van der Waals surface area contributed by atoms with Gasteiger partial charge in [-0.2, -0.15) is 0 Å². The number of carbonyl (C=O) groups excluding carboxylic acids is 1. The summed E-state index contributed by atoms with van der Waals surface area (Å²) in [6.45, 7) is 8.61. The third-order valence-electron chi connectivity index (χ3n) is 6.16. The number of nitrogens with zero attached hydrogens (tertiary/aromatic N) is 2. The number of H-pyrrole nitrogens is 1. The number of benzene rings is 1. The van der Waals surface area contributed by atoms with E-state index in [-0.39, 0.29) is 22.8 Å². The van der Waals surface area contributed by atoms with Crippen LogP contribution in [0, 0.1) is 13.8 Å². The molecule has 1 aliphatic rings. The first-order chi connectivity index (χ1) is 15.4. The molecule has 0 saturated carbocycles. The lowest BCUT2D eigenvalue weighted by atomic mass is 10.1. The summed E-state index contributed by atoms with van der Waals surface area (Å²) in [4.78, 5) is 37.1. The number of thiophene rings is 1. The van der Waals surface area contributed by atoms with Crippen LogP contribution in [0.1, 0.15) is 47.6 Å². The molecular weight excluding hydrogens is 440 g/mol. The highest BCUT2D eigenvalue weighted by Gasteiger charge is 2.25. The summed E-state index contributed by atoms with van der Waals surface area (Å²) in [5.41, 5.74) is 2.14. The van der Waals surface area contributed by atoms with E-state index in [9.17, 15) is 9.59 Å². The van der Waals surface area contributed by atoms with Crippen molar-refractivity contribution >= 4 is 39.2 Å². The molecule has 1 fully saturated rings. The Morgan fingerprint density at radius 3 is 2.69 bits per heavy atom. The minimum atomic E-state index is -0.238. The summed E-state index contributed by atoms with van der Waals surface area (Å²) in [6, 6.07) is 10.6.